The Morgan fingerprint density at radius 3 is 1.07 bits per heavy atom. The second kappa shape index (κ2) is 42.0. The van der Waals surface area contributed by atoms with E-state index in [1.807, 2.05) is 21.1 Å². The molecule has 0 saturated heterocycles. The summed E-state index contributed by atoms with van der Waals surface area (Å²) in [6.45, 7) is 4.70. The number of carbonyl (C=O) groups is 3. The molecule has 8 heteroatoms. The van der Waals surface area contributed by atoms with Crippen LogP contribution in [0.1, 0.15) is 251 Å². The monoisotopic (exact) mass is 824 g/mol. The largest absolute Gasteiger partial charge is 0.544 e. The molecule has 0 amide bonds. The SMILES string of the molecule is CCCCCCCCCCCCCCCCCCCCCCCCCCC(=O)OC(COCCC(C(=O)[O-])[N+](C)(C)C)COC(=O)CCCCCCCCCCCC. The van der Waals surface area contributed by atoms with Crippen LogP contribution in [0.2, 0.25) is 0 Å². The Kier molecular flexibility index (Phi) is 40.8. The third-order valence-corrected chi connectivity index (χ3v) is 11.7. The standard InChI is InChI=1S/C50H97NO7/c1-6-8-10-12-14-16-18-19-20-21-22-23-24-25-26-27-28-29-30-31-33-35-37-39-41-49(53)58-46(44-56-43-42-47(50(54)55)51(3,4)5)45-57-48(52)40-38-36-34-32-17-15-13-11-9-7-2/h46-47H,6-45H2,1-5H3. The summed E-state index contributed by atoms with van der Waals surface area (Å²) in [5.41, 5.74) is 0. The lowest BCUT2D eigenvalue weighted by Crippen LogP contribution is -2.55. The van der Waals surface area contributed by atoms with Crippen LogP contribution in [0.5, 0.6) is 0 Å². The minimum atomic E-state index is -1.12. The van der Waals surface area contributed by atoms with Gasteiger partial charge in [0.1, 0.15) is 12.6 Å². The first-order valence-corrected chi connectivity index (χ1v) is 25.1. The van der Waals surface area contributed by atoms with Gasteiger partial charge >= 0.3 is 11.9 Å². The summed E-state index contributed by atoms with van der Waals surface area (Å²) < 4.78 is 17.2. The van der Waals surface area contributed by atoms with Crippen LogP contribution in [0.15, 0.2) is 0 Å². The third-order valence-electron chi connectivity index (χ3n) is 11.7. The van der Waals surface area contributed by atoms with Gasteiger partial charge in [0.05, 0.1) is 40.3 Å². The predicted octanol–water partition coefficient (Wildman–Crippen LogP) is 12.8. The molecule has 58 heavy (non-hydrogen) atoms. The molecule has 0 fully saturated rings. The van der Waals surface area contributed by atoms with E-state index < -0.39 is 18.1 Å². The van der Waals surface area contributed by atoms with Crippen LogP contribution in [0.4, 0.5) is 0 Å². The number of aliphatic carboxylic acids is 1. The lowest BCUT2D eigenvalue weighted by atomic mass is 10.0. The van der Waals surface area contributed by atoms with E-state index in [1.54, 1.807) is 0 Å². The number of hydrogen-bond donors (Lipinski definition) is 0. The number of hydrogen-bond acceptors (Lipinski definition) is 7. The number of unbranched alkanes of at least 4 members (excludes halogenated alkanes) is 32. The molecule has 0 aromatic rings. The zero-order valence-electron chi connectivity index (χ0n) is 39.2. The Balaban J connectivity index is 4.08. The van der Waals surface area contributed by atoms with E-state index in [0.29, 0.717) is 12.8 Å². The normalized spacial score (nSPS) is 12.8. The van der Waals surface area contributed by atoms with Gasteiger partial charge in [0.2, 0.25) is 0 Å². The molecule has 2 atom stereocenters. The smallest absolute Gasteiger partial charge is 0.306 e. The van der Waals surface area contributed by atoms with E-state index in [1.165, 1.54) is 180 Å². The maximum atomic E-state index is 12.7. The summed E-state index contributed by atoms with van der Waals surface area (Å²) in [4.78, 5) is 36.9. The first-order valence-electron chi connectivity index (χ1n) is 25.1. The quantitative estimate of drug-likeness (QED) is 0.0342. The third kappa shape index (κ3) is 39.8. The Hall–Kier alpha value is -1.67. The highest BCUT2D eigenvalue weighted by Crippen LogP contribution is 2.17. The highest BCUT2D eigenvalue weighted by molar-refractivity contribution is 5.70. The van der Waals surface area contributed by atoms with Crippen molar-refractivity contribution in [2.45, 2.75) is 264 Å². The molecule has 0 rings (SSSR count). The molecule has 0 radical (unpaired) electrons. The molecule has 2 unspecified atom stereocenters. The van der Waals surface area contributed by atoms with E-state index >= 15 is 0 Å². The second-order valence-electron chi connectivity index (χ2n) is 18.4. The molecule has 0 aliphatic rings. The molecule has 0 spiro atoms. The number of likely N-dealkylation sites (N-methyl/N-ethyl adjacent to an activating group) is 1. The number of carboxylic acid groups (broad SMARTS) is 1. The van der Waals surface area contributed by atoms with Gasteiger partial charge in [-0.2, -0.15) is 0 Å². The number of esters is 2. The first kappa shape index (κ1) is 56.3. The molecule has 0 aromatic heterocycles. The summed E-state index contributed by atoms with van der Waals surface area (Å²) >= 11 is 0. The fraction of sp³-hybridized carbons (Fsp3) is 0.940. The molecular weight excluding hydrogens is 727 g/mol. The Morgan fingerprint density at radius 2 is 0.759 bits per heavy atom. The zero-order chi connectivity index (χ0) is 42.8. The van der Waals surface area contributed by atoms with Gasteiger partial charge in [-0.1, -0.05) is 219 Å². The Morgan fingerprint density at radius 1 is 0.448 bits per heavy atom. The highest BCUT2D eigenvalue weighted by Gasteiger charge is 2.25. The van der Waals surface area contributed by atoms with E-state index in [0.717, 1.165) is 38.5 Å². The van der Waals surface area contributed by atoms with Crippen molar-refractivity contribution in [2.75, 3.05) is 41.0 Å². The van der Waals surface area contributed by atoms with Crippen LogP contribution >= 0.6 is 0 Å². The molecule has 0 bridgehead atoms. The van der Waals surface area contributed by atoms with Crippen molar-refractivity contribution in [2.24, 2.45) is 0 Å². The number of carboxylic acids is 1. The number of carbonyl (C=O) groups excluding carboxylic acids is 3. The second-order valence-corrected chi connectivity index (χ2v) is 18.4. The fourth-order valence-corrected chi connectivity index (χ4v) is 7.84. The lowest BCUT2D eigenvalue weighted by Gasteiger charge is -2.34. The van der Waals surface area contributed by atoms with E-state index in [-0.39, 0.29) is 42.7 Å². The molecule has 0 heterocycles. The fourth-order valence-electron chi connectivity index (χ4n) is 7.84. The molecule has 0 aromatic carbocycles. The van der Waals surface area contributed by atoms with E-state index in [2.05, 4.69) is 13.8 Å². The molecule has 0 aliphatic heterocycles. The van der Waals surface area contributed by atoms with Crippen molar-refractivity contribution >= 4 is 17.9 Å². The van der Waals surface area contributed by atoms with Crippen LogP contribution in [-0.2, 0) is 28.6 Å². The Labute approximate surface area is 359 Å². The number of ether oxygens (including phenoxy) is 3. The summed E-state index contributed by atoms with van der Waals surface area (Å²) in [5.74, 6) is -1.71. The van der Waals surface area contributed by atoms with Gasteiger partial charge in [0.25, 0.3) is 0 Å². The molecule has 344 valence electrons. The molecule has 8 nitrogen and oxygen atoms in total. The average molecular weight is 824 g/mol. The molecular formula is C50H97NO7. The number of quaternary nitrogens is 1. The summed E-state index contributed by atoms with van der Waals surface area (Å²) in [5, 5.41) is 11.6. The minimum absolute atomic E-state index is 0.0492. The highest BCUT2D eigenvalue weighted by atomic mass is 16.6. The number of rotatable bonds is 46. The van der Waals surface area contributed by atoms with Gasteiger partial charge in [-0.15, -0.1) is 0 Å². The molecule has 0 saturated carbocycles. The van der Waals surface area contributed by atoms with Gasteiger partial charge in [-0.25, -0.2) is 0 Å². The maximum absolute atomic E-state index is 12.7. The average Bonchev–Trinajstić information content (AvgIpc) is 3.18. The van der Waals surface area contributed by atoms with Gasteiger partial charge in [0, 0.05) is 19.3 Å². The van der Waals surface area contributed by atoms with Crippen molar-refractivity contribution in [3.63, 3.8) is 0 Å². The predicted molar refractivity (Wildman–Crippen MR) is 241 cm³/mol. The molecule has 0 N–H and O–H groups in total. The van der Waals surface area contributed by atoms with Gasteiger partial charge in [0.15, 0.2) is 6.10 Å². The summed E-state index contributed by atoms with van der Waals surface area (Å²) in [6.07, 6.45) is 44.3. The van der Waals surface area contributed by atoms with Crippen molar-refractivity contribution < 1.29 is 38.2 Å². The maximum Gasteiger partial charge on any atom is 0.306 e. The van der Waals surface area contributed by atoms with Crippen LogP contribution in [-0.4, -0.2) is 75.5 Å². The van der Waals surface area contributed by atoms with Crippen molar-refractivity contribution in [1.29, 1.82) is 0 Å². The summed E-state index contributed by atoms with van der Waals surface area (Å²) in [6, 6.07) is -0.719. The van der Waals surface area contributed by atoms with Crippen LogP contribution in [0.25, 0.3) is 0 Å². The topological polar surface area (TPSA) is 102 Å². The van der Waals surface area contributed by atoms with Crippen LogP contribution in [0, 0.1) is 0 Å². The lowest BCUT2D eigenvalue weighted by molar-refractivity contribution is -0.889. The Bertz CT molecular complexity index is 920. The first-order chi connectivity index (χ1) is 28.1. The zero-order valence-corrected chi connectivity index (χ0v) is 39.2. The van der Waals surface area contributed by atoms with Gasteiger partial charge in [-0.3, -0.25) is 9.59 Å². The van der Waals surface area contributed by atoms with Gasteiger partial charge in [-0.05, 0) is 12.8 Å². The van der Waals surface area contributed by atoms with Crippen molar-refractivity contribution in [3.8, 4) is 0 Å². The minimum Gasteiger partial charge on any atom is -0.544 e. The van der Waals surface area contributed by atoms with Crippen LogP contribution in [0.3, 0.4) is 0 Å². The van der Waals surface area contributed by atoms with E-state index in [4.69, 9.17) is 14.2 Å². The van der Waals surface area contributed by atoms with Crippen LogP contribution < -0.4 is 5.11 Å². The summed E-state index contributed by atoms with van der Waals surface area (Å²) in [7, 11) is 5.42. The van der Waals surface area contributed by atoms with Crippen molar-refractivity contribution in [1.82, 2.24) is 0 Å². The molecule has 0 aliphatic carbocycles. The number of nitrogens with zero attached hydrogens (tertiary/aromatic N) is 1. The van der Waals surface area contributed by atoms with Crippen molar-refractivity contribution in [3.05, 3.63) is 0 Å². The van der Waals surface area contributed by atoms with E-state index in [9.17, 15) is 19.5 Å². The van der Waals surface area contributed by atoms with Gasteiger partial charge < -0.3 is 28.6 Å².